The zero-order chi connectivity index (χ0) is 9.19. The van der Waals surface area contributed by atoms with Crippen LogP contribution >= 0.6 is 0 Å². The highest BCUT2D eigenvalue weighted by molar-refractivity contribution is 5.09. The molecule has 1 aliphatic carbocycles. The van der Waals surface area contributed by atoms with Crippen LogP contribution in [0.3, 0.4) is 0 Å². The van der Waals surface area contributed by atoms with Gasteiger partial charge in [-0.1, -0.05) is 42.5 Å². The third kappa shape index (κ3) is 6.15. The quantitative estimate of drug-likeness (QED) is 0.486. The Kier molecular flexibility index (Phi) is 5.87. The van der Waals surface area contributed by atoms with Crippen molar-refractivity contribution in [1.82, 2.24) is 0 Å². The number of hydrogen-bond donors (Lipinski definition) is 0. The number of allylic oxidation sites excluding steroid dienone is 8. The van der Waals surface area contributed by atoms with Crippen molar-refractivity contribution in [3.63, 3.8) is 0 Å². The zero-order valence-corrected chi connectivity index (χ0v) is 8.08. The van der Waals surface area contributed by atoms with Crippen molar-refractivity contribution in [2.75, 3.05) is 0 Å². The zero-order valence-electron chi connectivity index (χ0n) is 8.08. The molecule has 0 N–H and O–H groups in total. The van der Waals surface area contributed by atoms with Gasteiger partial charge in [0.05, 0.1) is 0 Å². The van der Waals surface area contributed by atoms with E-state index in [-0.39, 0.29) is 0 Å². The predicted molar refractivity (Wildman–Crippen MR) is 58.3 cm³/mol. The summed E-state index contributed by atoms with van der Waals surface area (Å²) in [5, 5.41) is 0. The van der Waals surface area contributed by atoms with Crippen molar-refractivity contribution < 1.29 is 0 Å². The standard InChI is InChI=1S/C13H17/c1-2-4-6-8-10-12-13-11-9-7-5-3-1/h1-5,10,12H,6,8-9,11,13H2/b3-1-,4-2+,7-5?,12-10+. The van der Waals surface area contributed by atoms with E-state index < -0.39 is 0 Å². The average Bonchev–Trinajstić information content (AvgIpc) is 2.18. The van der Waals surface area contributed by atoms with Gasteiger partial charge in [0.15, 0.2) is 0 Å². The number of rotatable bonds is 0. The van der Waals surface area contributed by atoms with E-state index in [0.717, 1.165) is 12.8 Å². The van der Waals surface area contributed by atoms with Gasteiger partial charge >= 0.3 is 0 Å². The molecular formula is C13H17. The van der Waals surface area contributed by atoms with Crippen molar-refractivity contribution in [3.8, 4) is 0 Å². The van der Waals surface area contributed by atoms with Crippen LogP contribution in [-0.2, 0) is 0 Å². The molecule has 0 heterocycles. The molecule has 0 nitrogen and oxygen atoms in total. The first-order valence-electron chi connectivity index (χ1n) is 5.03. The molecule has 0 saturated heterocycles. The van der Waals surface area contributed by atoms with Crippen molar-refractivity contribution in [3.05, 3.63) is 48.6 Å². The second kappa shape index (κ2) is 7.60. The van der Waals surface area contributed by atoms with Crippen LogP contribution in [0.2, 0.25) is 0 Å². The van der Waals surface area contributed by atoms with Gasteiger partial charge in [0.2, 0.25) is 0 Å². The topological polar surface area (TPSA) is 0 Å². The molecule has 0 spiro atoms. The minimum absolute atomic E-state index is 1.07. The van der Waals surface area contributed by atoms with Gasteiger partial charge in [-0.05, 0) is 38.2 Å². The second-order valence-corrected chi connectivity index (χ2v) is 3.12. The van der Waals surface area contributed by atoms with Gasteiger partial charge in [-0.3, -0.25) is 0 Å². The smallest absolute Gasteiger partial charge is 0.0273 e. The van der Waals surface area contributed by atoms with Crippen molar-refractivity contribution >= 4 is 0 Å². The Morgan fingerprint density at radius 3 is 2.62 bits per heavy atom. The van der Waals surface area contributed by atoms with E-state index in [9.17, 15) is 0 Å². The first-order chi connectivity index (χ1) is 6.50. The molecule has 1 radical (unpaired) electrons. The highest BCUT2D eigenvalue weighted by atomic mass is 13.9. The van der Waals surface area contributed by atoms with Gasteiger partial charge in [0, 0.05) is 0 Å². The minimum atomic E-state index is 1.07. The summed E-state index contributed by atoms with van der Waals surface area (Å²) in [5.41, 5.74) is 0. The molecule has 1 aliphatic rings. The molecule has 0 aromatic heterocycles. The van der Waals surface area contributed by atoms with Crippen molar-refractivity contribution in [2.45, 2.75) is 32.1 Å². The Hall–Kier alpha value is -1.04. The van der Waals surface area contributed by atoms with E-state index in [4.69, 9.17) is 0 Å². The molecule has 69 valence electrons. The van der Waals surface area contributed by atoms with Gasteiger partial charge in [0.1, 0.15) is 0 Å². The maximum absolute atomic E-state index is 3.24. The van der Waals surface area contributed by atoms with E-state index in [1.807, 2.05) is 12.2 Å². The van der Waals surface area contributed by atoms with Gasteiger partial charge in [-0.2, -0.15) is 0 Å². The fourth-order valence-electron chi connectivity index (χ4n) is 1.20. The SMILES string of the molecule is [C]1=C/C=C\C=C\CC/C=C/CCC/1. The molecular weight excluding hydrogens is 156 g/mol. The van der Waals surface area contributed by atoms with Gasteiger partial charge in [-0.25, -0.2) is 0 Å². The minimum Gasteiger partial charge on any atom is -0.0885 e. The molecule has 0 saturated carbocycles. The summed E-state index contributed by atoms with van der Waals surface area (Å²) in [6.07, 6.45) is 24.0. The van der Waals surface area contributed by atoms with Gasteiger partial charge < -0.3 is 0 Å². The molecule has 0 aliphatic heterocycles. The maximum Gasteiger partial charge on any atom is -0.0273 e. The third-order valence-electron chi connectivity index (χ3n) is 1.93. The monoisotopic (exact) mass is 173 g/mol. The Bertz CT molecular complexity index is 216. The van der Waals surface area contributed by atoms with Crippen LogP contribution < -0.4 is 0 Å². The van der Waals surface area contributed by atoms with Gasteiger partial charge in [-0.15, -0.1) is 0 Å². The first kappa shape index (κ1) is 10.0. The van der Waals surface area contributed by atoms with Crippen molar-refractivity contribution in [1.29, 1.82) is 0 Å². The molecule has 1 rings (SSSR count). The lowest BCUT2D eigenvalue weighted by molar-refractivity contribution is 0.850. The van der Waals surface area contributed by atoms with Gasteiger partial charge in [0.25, 0.3) is 0 Å². The molecule has 0 unspecified atom stereocenters. The van der Waals surface area contributed by atoms with Crippen LogP contribution in [0.5, 0.6) is 0 Å². The summed E-state index contributed by atoms with van der Waals surface area (Å²) in [7, 11) is 0. The molecule has 0 bridgehead atoms. The Morgan fingerprint density at radius 2 is 1.62 bits per heavy atom. The molecule has 0 aromatic rings. The van der Waals surface area contributed by atoms with Crippen LogP contribution in [0.15, 0.2) is 42.5 Å². The fourth-order valence-corrected chi connectivity index (χ4v) is 1.20. The summed E-state index contributed by atoms with van der Waals surface area (Å²) in [5.74, 6) is 0. The highest BCUT2D eigenvalue weighted by Gasteiger charge is 1.81. The van der Waals surface area contributed by atoms with E-state index in [1.165, 1.54) is 19.3 Å². The summed E-state index contributed by atoms with van der Waals surface area (Å²) < 4.78 is 0. The molecule has 0 fully saturated rings. The van der Waals surface area contributed by atoms with Crippen LogP contribution in [0, 0.1) is 6.08 Å². The fraction of sp³-hybridized carbons (Fsp3) is 0.385. The molecule has 0 heteroatoms. The van der Waals surface area contributed by atoms with Crippen LogP contribution in [-0.4, -0.2) is 0 Å². The Morgan fingerprint density at radius 1 is 0.769 bits per heavy atom. The molecule has 13 heavy (non-hydrogen) atoms. The lowest BCUT2D eigenvalue weighted by atomic mass is 10.2. The number of hydrogen-bond acceptors (Lipinski definition) is 0. The van der Waals surface area contributed by atoms with E-state index in [0.29, 0.717) is 0 Å². The van der Waals surface area contributed by atoms with E-state index >= 15 is 0 Å². The maximum atomic E-state index is 3.24. The molecule has 0 amide bonds. The molecule has 0 atom stereocenters. The van der Waals surface area contributed by atoms with Crippen LogP contribution in [0.1, 0.15) is 32.1 Å². The largest absolute Gasteiger partial charge is 0.0885 e. The summed E-state index contributed by atoms with van der Waals surface area (Å²) in [6.45, 7) is 0. The second-order valence-electron chi connectivity index (χ2n) is 3.12. The molecule has 0 aromatic carbocycles. The highest BCUT2D eigenvalue weighted by Crippen LogP contribution is 2.01. The normalized spacial score (nSPS) is 28.9. The third-order valence-corrected chi connectivity index (χ3v) is 1.93. The summed E-state index contributed by atoms with van der Waals surface area (Å²) >= 11 is 0. The van der Waals surface area contributed by atoms with Crippen LogP contribution in [0.25, 0.3) is 0 Å². The Balaban J connectivity index is 2.38. The summed E-state index contributed by atoms with van der Waals surface area (Å²) in [6, 6.07) is 0. The predicted octanol–water partition coefficient (Wildman–Crippen LogP) is 3.98. The average molecular weight is 173 g/mol. The summed E-state index contributed by atoms with van der Waals surface area (Å²) in [4.78, 5) is 0. The van der Waals surface area contributed by atoms with Crippen molar-refractivity contribution in [2.24, 2.45) is 0 Å². The Labute approximate surface area is 81.4 Å². The first-order valence-corrected chi connectivity index (χ1v) is 5.03. The van der Waals surface area contributed by atoms with Crippen LogP contribution in [0.4, 0.5) is 0 Å². The lowest BCUT2D eigenvalue weighted by Crippen LogP contribution is -1.69. The van der Waals surface area contributed by atoms with E-state index in [2.05, 4.69) is 36.5 Å². The van der Waals surface area contributed by atoms with E-state index in [1.54, 1.807) is 0 Å². The lowest BCUT2D eigenvalue weighted by Gasteiger charge is -1.89.